The van der Waals surface area contributed by atoms with Gasteiger partial charge in [0.15, 0.2) is 0 Å². The number of carbonyl (C=O) groups excluding carboxylic acids is 2. The van der Waals surface area contributed by atoms with Gasteiger partial charge >= 0.3 is 6.09 Å². The van der Waals surface area contributed by atoms with Crippen LogP contribution in [-0.2, 0) is 16.2 Å². The van der Waals surface area contributed by atoms with E-state index >= 15 is 0 Å². The lowest BCUT2D eigenvalue weighted by molar-refractivity contribution is -0.139. The minimum atomic E-state index is -0.337. The normalized spacial score (nSPS) is 23.7. The first kappa shape index (κ1) is 26.5. The standard InChI is InChI=1S/C30H40N4O4/c1-31(2)29(36)38-34-21-25(27(22-34)24-7-5-4-6-8-24)20-32-16-13-30(14-17-32)15-18-33(28(30)35)19-23-9-11-26(37-3)12-10-23/h4-12,25,27H,13-22H2,1-3H3/t25-,27+/m0/s1. The Morgan fingerprint density at radius 1 is 0.974 bits per heavy atom. The summed E-state index contributed by atoms with van der Waals surface area (Å²) in [6.07, 6.45) is 2.43. The van der Waals surface area contributed by atoms with Crippen molar-refractivity contribution in [1.82, 2.24) is 19.8 Å². The Hall–Kier alpha value is -3.10. The maximum absolute atomic E-state index is 13.5. The molecule has 204 valence electrons. The van der Waals surface area contributed by atoms with Crippen LogP contribution in [0.4, 0.5) is 4.79 Å². The highest BCUT2D eigenvalue weighted by atomic mass is 16.7. The highest BCUT2D eigenvalue weighted by molar-refractivity contribution is 5.85. The summed E-state index contributed by atoms with van der Waals surface area (Å²) in [6.45, 7) is 5.71. The highest BCUT2D eigenvalue weighted by Crippen LogP contribution is 2.43. The topological polar surface area (TPSA) is 65.6 Å². The van der Waals surface area contributed by atoms with E-state index < -0.39 is 0 Å². The molecule has 2 atom stereocenters. The Morgan fingerprint density at radius 3 is 2.32 bits per heavy atom. The van der Waals surface area contributed by atoms with Gasteiger partial charge in [-0.2, -0.15) is 0 Å². The number of piperidine rings is 1. The molecule has 3 aliphatic heterocycles. The zero-order chi connectivity index (χ0) is 26.7. The molecule has 0 radical (unpaired) electrons. The molecule has 0 bridgehead atoms. The van der Waals surface area contributed by atoms with Crippen LogP contribution in [0.1, 0.15) is 36.3 Å². The third kappa shape index (κ3) is 5.66. The van der Waals surface area contributed by atoms with Crippen LogP contribution in [0.5, 0.6) is 5.75 Å². The van der Waals surface area contributed by atoms with E-state index in [1.807, 2.05) is 40.3 Å². The summed E-state index contributed by atoms with van der Waals surface area (Å²) >= 11 is 0. The molecule has 0 N–H and O–H groups in total. The Labute approximate surface area is 226 Å². The summed E-state index contributed by atoms with van der Waals surface area (Å²) in [5.41, 5.74) is 2.21. The number of rotatable bonds is 7. The number of carbonyl (C=O) groups is 2. The quantitative estimate of drug-likeness (QED) is 0.553. The molecule has 3 aliphatic rings. The van der Waals surface area contributed by atoms with Crippen molar-refractivity contribution >= 4 is 12.0 Å². The summed E-state index contributed by atoms with van der Waals surface area (Å²) in [5, 5.41) is 1.83. The number of hydrogen-bond acceptors (Lipinski definition) is 6. The molecule has 3 fully saturated rings. The van der Waals surface area contributed by atoms with Crippen molar-refractivity contribution in [3.63, 3.8) is 0 Å². The van der Waals surface area contributed by atoms with Crippen LogP contribution < -0.4 is 4.74 Å². The first-order valence-electron chi connectivity index (χ1n) is 13.7. The molecular formula is C30H40N4O4. The molecule has 8 heteroatoms. The van der Waals surface area contributed by atoms with Crippen molar-refractivity contribution in [1.29, 1.82) is 0 Å². The minimum absolute atomic E-state index is 0.218. The Bertz CT molecular complexity index is 1100. The fraction of sp³-hybridized carbons (Fsp3) is 0.533. The van der Waals surface area contributed by atoms with Crippen molar-refractivity contribution in [3.8, 4) is 5.75 Å². The van der Waals surface area contributed by atoms with Gasteiger partial charge in [-0.3, -0.25) is 4.79 Å². The first-order chi connectivity index (χ1) is 18.4. The van der Waals surface area contributed by atoms with Crippen LogP contribution in [0.25, 0.3) is 0 Å². The number of ether oxygens (including phenoxy) is 1. The molecule has 3 saturated heterocycles. The fourth-order valence-corrected chi connectivity index (χ4v) is 6.32. The van der Waals surface area contributed by atoms with Crippen LogP contribution in [0, 0.1) is 11.3 Å². The van der Waals surface area contributed by atoms with Crippen LogP contribution >= 0.6 is 0 Å². The maximum Gasteiger partial charge on any atom is 0.428 e. The number of nitrogens with zero attached hydrogens (tertiary/aromatic N) is 4. The van der Waals surface area contributed by atoms with Crippen molar-refractivity contribution in [2.75, 3.05) is 60.5 Å². The van der Waals surface area contributed by atoms with Gasteiger partial charge in [0.25, 0.3) is 0 Å². The Balaban J connectivity index is 1.18. The van der Waals surface area contributed by atoms with E-state index in [-0.39, 0.29) is 11.5 Å². The Morgan fingerprint density at radius 2 is 1.66 bits per heavy atom. The number of hydroxylamine groups is 2. The summed E-state index contributed by atoms with van der Waals surface area (Å²) < 4.78 is 5.26. The van der Waals surface area contributed by atoms with E-state index in [2.05, 4.69) is 29.2 Å². The molecule has 0 unspecified atom stereocenters. The van der Waals surface area contributed by atoms with Gasteiger partial charge in [-0.15, -0.1) is 5.06 Å². The molecule has 3 heterocycles. The van der Waals surface area contributed by atoms with E-state index in [4.69, 9.17) is 9.57 Å². The van der Waals surface area contributed by atoms with E-state index in [0.29, 0.717) is 30.8 Å². The average molecular weight is 521 g/mol. The van der Waals surface area contributed by atoms with Gasteiger partial charge in [0.05, 0.1) is 12.5 Å². The molecule has 2 aromatic rings. The zero-order valence-electron chi connectivity index (χ0n) is 22.8. The van der Waals surface area contributed by atoms with Crippen molar-refractivity contribution in [3.05, 3.63) is 65.7 Å². The fourth-order valence-electron chi connectivity index (χ4n) is 6.32. The monoisotopic (exact) mass is 520 g/mol. The van der Waals surface area contributed by atoms with E-state index in [0.717, 1.165) is 63.3 Å². The van der Waals surface area contributed by atoms with Gasteiger partial charge in [0.1, 0.15) is 5.75 Å². The molecule has 2 aromatic carbocycles. The van der Waals surface area contributed by atoms with Gasteiger partial charge in [-0.25, -0.2) is 4.79 Å². The van der Waals surface area contributed by atoms with Crippen molar-refractivity contribution < 1.29 is 19.2 Å². The summed E-state index contributed by atoms with van der Waals surface area (Å²) in [7, 11) is 5.08. The molecular weight excluding hydrogens is 480 g/mol. The zero-order valence-corrected chi connectivity index (χ0v) is 22.8. The van der Waals surface area contributed by atoms with Gasteiger partial charge in [-0.1, -0.05) is 42.5 Å². The van der Waals surface area contributed by atoms with Crippen molar-refractivity contribution in [2.45, 2.75) is 31.7 Å². The van der Waals surface area contributed by atoms with Gasteiger partial charge in [-0.05, 0) is 61.5 Å². The predicted octanol–water partition coefficient (Wildman–Crippen LogP) is 3.84. The minimum Gasteiger partial charge on any atom is -0.497 e. The number of likely N-dealkylation sites (tertiary alicyclic amines) is 2. The smallest absolute Gasteiger partial charge is 0.428 e. The van der Waals surface area contributed by atoms with E-state index in [1.165, 1.54) is 10.5 Å². The molecule has 38 heavy (non-hydrogen) atoms. The molecule has 1 spiro atoms. The van der Waals surface area contributed by atoms with Gasteiger partial charge < -0.3 is 24.3 Å². The third-order valence-electron chi connectivity index (χ3n) is 8.65. The first-order valence-corrected chi connectivity index (χ1v) is 13.7. The van der Waals surface area contributed by atoms with Crippen LogP contribution in [-0.4, -0.2) is 92.2 Å². The second-order valence-corrected chi connectivity index (χ2v) is 11.3. The van der Waals surface area contributed by atoms with Crippen LogP contribution in [0.3, 0.4) is 0 Å². The average Bonchev–Trinajstić information content (AvgIpc) is 3.47. The second-order valence-electron chi connectivity index (χ2n) is 11.3. The summed E-state index contributed by atoms with van der Waals surface area (Å²) in [5.74, 6) is 1.81. The van der Waals surface area contributed by atoms with Crippen molar-refractivity contribution in [2.24, 2.45) is 11.3 Å². The molecule has 5 rings (SSSR count). The van der Waals surface area contributed by atoms with Crippen LogP contribution in [0.15, 0.2) is 54.6 Å². The summed E-state index contributed by atoms with van der Waals surface area (Å²) in [6, 6.07) is 18.6. The summed E-state index contributed by atoms with van der Waals surface area (Å²) in [4.78, 5) is 37.4. The molecule has 0 saturated carbocycles. The molecule has 0 aromatic heterocycles. The largest absolute Gasteiger partial charge is 0.497 e. The third-order valence-corrected chi connectivity index (χ3v) is 8.65. The lowest BCUT2D eigenvalue weighted by atomic mass is 9.76. The number of benzene rings is 2. The molecule has 0 aliphatic carbocycles. The SMILES string of the molecule is COc1ccc(CN2CCC3(CCN(C[C@H]4CN(OC(=O)N(C)C)C[C@@H]4c4ccccc4)CC3)C2=O)cc1. The number of amides is 2. The lowest BCUT2D eigenvalue weighted by Gasteiger charge is -2.39. The molecule has 8 nitrogen and oxygen atoms in total. The number of hydrogen-bond donors (Lipinski definition) is 0. The maximum atomic E-state index is 13.5. The van der Waals surface area contributed by atoms with Gasteiger partial charge in [0.2, 0.25) is 5.91 Å². The van der Waals surface area contributed by atoms with Crippen LogP contribution in [0.2, 0.25) is 0 Å². The lowest BCUT2D eigenvalue weighted by Crippen LogP contribution is -2.46. The van der Waals surface area contributed by atoms with E-state index in [9.17, 15) is 9.59 Å². The Kier molecular flexibility index (Phi) is 7.91. The highest BCUT2D eigenvalue weighted by Gasteiger charge is 2.48. The second kappa shape index (κ2) is 11.3. The predicted molar refractivity (Wildman–Crippen MR) is 146 cm³/mol. The van der Waals surface area contributed by atoms with Gasteiger partial charge in [0, 0.05) is 52.7 Å². The molecule has 2 amide bonds. The number of methoxy groups -OCH3 is 1. The van der Waals surface area contributed by atoms with E-state index in [1.54, 1.807) is 21.2 Å².